The highest BCUT2D eigenvalue weighted by Gasteiger charge is 2.05. The van der Waals surface area contributed by atoms with Crippen molar-refractivity contribution in [2.75, 3.05) is 13.4 Å². The Morgan fingerprint density at radius 1 is 1.37 bits per heavy atom. The lowest BCUT2D eigenvalue weighted by molar-refractivity contribution is 0.409. The molecule has 0 bridgehead atoms. The van der Waals surface area contributed by atoms with Gasteiger partial charge in [-0.3, -0.25) is 4.21 Å². The summed E-state index contributed by atoms with van der Waals surface area (Å²) in [5.74, 6) is 0. The number of aromatic nitrogens is 2. The van der Waals surface area contributed by atoms with Gasteiger partial charge in [0.15, 0.2) is 0 Å². The fourth-order valence-electron chi connectivity index (χ4n) is 0.963. The van der Waals surface area contributed by atoms with E-state index in [0.29, 0.717) is 10.4 Å². The zero-order chi connectivity index (χ0) is 14.7. The SMILES string of the molecule is COc1nc(S(C)=O)ns1.C\C=C/C=C(C)\C=C\C. The van der Waals surface area contributed by atoms with E-state index in [9.17, 15) is 4.21 Å². The second-order valence-electron chi connectivity index (χ2n) is 3.44. The molecule has 0 fully saturated rings. The molecule has 0 spiro atoms. The molecule has 1 rings (SSSR count). The van der Waals surface area contributed by atoms with Crippen LogP contribution < -0.4 is 4.74 Å². The van der Waals surface area contributed by atoms with Gasteiger partial charge in [0.05, 0.1) is 17.9 Å². The molecule has 0 amide bonds. The Morgan fingerprint density at radius 3 is 2.42 bits per heavy atom. The van der Waals surface area contributed by atoms with Gasteiger partial charge in [-0.2, -0.15) is 9.36 Å². The number of nitrogens with zero attached hydrogens (tertiary/aromatic N) is 2. The van der Waals surface area contributed by atoms with Crippen LogP contribution in [0.25, 0.3) is 0 Å². The van der Waals surface area contributed by atoms with Crippen molar-refractivity contribution in [2.24, 2.45) is 0 Å². The Hall–Kier alpha value is -1.27. The summed E-state index contributed by atoms with van der Waals surface area (Å²) in [5.41, 5.74) is 1.29. The quantitative estimate of drug-likeness (QED) is 0.800. The van der Waals surface area contributed by atoms with Gasteiger partial charge in [0.25, 0.3) is 5.19 Å². The first-order valence-electron chi connectivity index (χ1n) is 5.68. The van der Waals surface area contributed by atoms with E-state index < -0.39 is 10.8 Å². The van der Waals surface area contributed by atoms with E-state index in [1.54, 1.807) is 0 Å². The van der Waals surface area contributed by atoms with Crippen LogP contribution in [0.4, 0.5) is 0 Å². The van der Waals surface area contributed by atoms with E-state index in [4.69, 9.17) is 4.74 Å². The molecule has 0 saturated heterocycles. The third kappa shape index (κ3) is 8.45. The molecule has 0 aromatic carbocycles. The normalized spacial score (nSPS) is 13.4. The van der Waals surface area contributed by atoms with Crippen LogP contribution in [-0.4, -0.2) is 26.9 Å². The first kappa shape index (κ1) is 17.7. The summed E-state index contributed by atoms with van der Waals surface area (Å²) in [5, 5.41) is 0.784. The van der Waals surface area contributed by atoms with Gasteiger partial charge in [0.2, 0.25) is 5.16 Å². The van der Waals surface area contributed by atoms with Gasteiger partial charge in [-0.05, 0) is 20.8 Å². The topological polar surface area (TPSA) is 52.1 Å². The maximum absolute atomic E-state index is 10.7. The lowest BCUT2D eigenvalue weighted by atomic mass is 10.2. The highest BCUT2D eigenvalue weighted by Crippen LogP contribution is 2.13. The molecular formula is C13H20N2O2S2. The van der Waals surface area contributed by atoms with Crippen LogP contribution in [0.1, 0.15) is 20.8 Å². The van der Waals surface area contributed by atoms with Crippen LogP contribution in [0.15, 0.2) is 41.1 Å². The lowest BCUT2D eigenvalue weighted by Gasteiger charge is -1.85. The minimum absolute atomic E-state index is 0.335. The van der Waals surface area contributed by atoms with E-state index in [2.05, 4.69) is 28.4 Å². The molecule has 4 nitrogen and oxygen atoms in total. The lowest BCUT2D eigenvalue weighted by Crippen LogP contribution is -1.89. The van der Waals surface area contributed by atoms with E-state index in [0.717, 1.165) is 11.5 Å². The molecule has 1 aromatic heterocycles. The fourth-order valence-corrected chi connectivity index (χ4v) is 2.16. The van der Waals surface area contributed by atoms with Crippen molar-refractivity contribution < 1.29 is 8.95 Å². The Labute approximate surface area is 121 Å². The van der Waals surface area contributed by atoms with E-state index in [-0.39, 0.29) is 0 Å². The van der Waals surface area contributed by atoms with Crippen LogP contribution in [-0.2, 0) is 10.8 Å². The fraction of sp³-hybridized carbons (Fsp3) is 0.385. The molecule has 0 radical (unpaired) electrons. The van der Waals surface area contributed by atoms with Crippen LogP contribution in [0.2, 0.25) is 0 Å². The van der Waals surface area contributed by atoms with E-state index in [1.165, 1.54) is 18.9 Å². The summed E-state index contributed by atoms with van der Waals surface area (Å²) in [7, 11) is 0.401. The number of hydrogen-bond acceptors (Lipinski definition) is 5. The number of allylic oxidation sites excluding steroid dienone is 6. The summed E-state index contributed by atoms with van der Waals surface area (Å²) in [6.07, 6.45) is 11.8. The molecule has 106 valence electrons. The average molecular weight is 300 g/mol. The first-order chi connectivity index (χ1) is 9.04. The highest BCUT2D eigenvalue weighted by atomic mass is 32.2. The standard InChI is InChI=1S/C9H14.C4H6N2O2S2/c1-4-6-8-9(3)7-5-2;1-8-4-5-3(6-9-4)10(2)7/h4-8H,1-3H3;1-2H3/b6-4-,7-5+,9-8-;. The van der Waals surface area contributed by atoms with Crippen LogP contribution >= 0.6 is 11.5 Å². The first-order valence-corrected chi connectivity index (χ1v) is 8.01. The monoisotopic (exact) mass is 300 g/mol. The Balaban J connectivity index is 0.000000344. The van der Waals surface area contributed by atoms with E-state index >= 15 is 0 Å². The van der Waals surface area contributed by atoms with Gasteiger partial charge in [-0.1, -0.05) is 36.0 Å². The van der Waals surface area contributed by atoms with Crippen LogP contribution in [0.3, 0.4) is 0 Å². The molecule has 0 N–H and O–H groups in total. The molecule has 0 aliphatic carbocycles. The third-order valence-electron chi connectivity index (χ3n) is 1.80. The van der Waals surface area contributed by atoms with Gasteiger partial charge in [-0.15, -0.1) is 0 Å². The van der Waals surface area contributed by atoms with Crippen molar-refractivity contribution in [1.29, 1.82) is 0 Å². The molecule has 1 heterocycles. The summed E-state index contributed by atoms with van der Waals surface area (Å²) in [6, 6.07) is 0. The number of hydrogen-bond donors (Lipinski definition) is 0. The smallest absolute Gasteiger partial charge is 0.293 e. The van der Waals surface area contributed by atoms with Crippen LogP contribution in [0.5, 0.6) is 5.19 Å². The number of rotatable bonds is 4. The molecule has 0 saturated carbocycles. The third-order valence-corrected chi connectivity index (χ3v) is 3.29. The predicted octanol–water partition coefficient (Wildman–Crippen LogP) is 3.37. The molecule has 19 heavy (non-hydrogen) atoms. The van der Waals surface area contributed by atoms with Gasteiger partial charge < -0.3 is 4.74 Å². The summed E-state index contributed by atoms with van der Waals surface area (Å²) >= 11 is 1.10. The van der Waals surface area contributed by atoms with Crippen molar-refractivity contribution in [3.05, 3.63) is 36.0 Å². The second-order valence-corrected chi connectivity index (χ2v) is 5.43. The maximum Gasteiger partial charge on any atom is 0.293 e. The second kappa shape index (κ2) is 10.6. The summed E-state index contributed by atoms with van der Waals surface area (Å²) in [6.45, 7) is 6.12. The Bertz CT molecular complexity index is 477. The van der Waals surface area contributed by atoms with Crippen molar-refractivity contribution in [2.45, 2.75) is 25.9 Å². The van der Waals surface area contributed by atoms with E-state index in [1.807, 2.05) is 32.1 Å². The largest absolute Gasteiger partial charge is 0.472 e. The number of methoxy groups -OCH3 is 1. The molecule has 1 unspecified atom stereocenters. The Kier molecular flexibility index (Phi) is 9.92. The minimum Gasteiger partial charge on any atom is -0.472 e. The molecular weight excluding hydrogens is 280 g/mol. The summed E-state index contributed by atoms with van der Waals surface area (Å²) in [4.78, 5) is 3.81. The Morgan fingerprint density at radius 2 is 2.05 bits per heavy atom. The van der Waals surface area contributed by atoms with Gasteiger partial charge in [0, 0.05) is 17.8 Å². The van der Waals surface area contributed by atoms with Crippen molar-refractivity contribution in [3.8, 4) is 5.19 Å². The molecule has 1 aromatic rings. The molecule has 0 aliphatic heterocycles. The van der Waals surface area contributed by atoms with Crippen molar-refractivity contribution in [1.82, 2.24) is 9.36 Å². The molecule has 1 atom stereocenters. The van der Waals surface area contributed by atoms with Gasteiger partial charge in [-0.25, -0.2) is 0 Å². The van der Waals surface area contributed by atoms with Gasteiger partial charge in [0.1, 0.15) is 0 Å². The number of ether oxygens (including phenoxy) is 1. The zero-order valence-electron chi connectivity index (χ0n) is 11.9. The van der Waals surface area contributed by atoms with Gasteiger partial charge >= 0.3 is 0 Å². The van der Waals surface area contributed by atoms with Crippen molar-refractivity contribution >= 4 is 22.3 Å². The van der Waals surface area contributed by atoms with Crippen molar-refractivity contribution in [3.63, 3.8) is 0 Å². The average Bonchev–Trinajstić information content (AvgIpc) is 2.86. The van der Waals surface area contributed by atoms with Crippen LogP contribution in [0, 0.1) is 0 Å². The zero-order valence-corrected chi connectivity index (χ0v) is 13.5. The maximum atomic E-state index is 10.7. The molecule has 6 heteroatoms. The minimum atomic E-state index is -1.10. The predicted molar refractivity (Wildman–Crippen MR) is 82.2 cm³/mol. The molecule has 0 aliphatic rings. The highest BCUT2D eigenvalue weighted by molar-refractivity contribution is 7.84. The summed E-state index contributed by atoms with van der Waals surface area (Å²) < 4.78 is 19.3.